The van der Waals surface area contributed by atoms with Gasteiger partial charge in [0.15, 0.2) is 0 Å². The molecule has 0 saturated carbocycles. The summed E-state index contributed by atoms with van der Waals surface area (Å²) in [6.45, 7) is 0. The van der Waals surface area contributed by atoms with E-state index < -0.39 is 56.3 Å². The lowest BCUT2D eigenvalue weighted by atomic mass is 9.74. The maximum Gasteiger partial charge on any atom is 0.325 e. The quantitative estimate of drug-likeness (QED) is 0.357. The molecule has 0 saturated heterocycles. The topological polar surface area (TPSA) is 169 Å². The molecule has 0 aliphatic heterocycles. The third kappa shape index (κ3) is 8.63. The van der Waals surface area contributed by atoms with Crippen molar-refractivity contribution in [3.05, 3.63) is 0 Å². The zero-order chi connectivity index (χ0) is 16.0. The number of carboxylic acid groups (broad SMARTS) is 3. The van der Waals surface area contributed by atoms with Gasteiger partial charge in [-0.15, -0.1) is 0 Å². The van der Waals surface area contributed by atoms with E-state index in [9.17, 15) is 18.9 Å². The Kier molecular flexibility index (Phi) is 6.84. The van der Waals surface area contributed by atoms with Crippen LogP contribution >= 0.6 is 7.60 Å². The van der Waals surface area contributed by atoms with Gasteiger partial charge in [-0.05, 0) is 12.8 Å². The standard InChI is InChI=1S/C10H17O9P/c11-7(12)4-10(5-8(13)14,6-9(15)16)2-1-3-20(17,18)19/h1-6H2,(H,11,12)(H,13,14)(H,15,16)(H2,17,18,19). The van der Waals surface area contributed by atoms with Gasteiger partial charge in [-0.2, -0.15) is 0 Å². The van der Waals surface area contributed by atoms with Crippen molar-refractivity contribution in [3.8, 4) is 0 Å². The molecule has 0 bridgehead atoms. The van der Waals surface area contributed by atoms with E-state index in [-0.39, 0.29) is 12.8 Å². The molecule has 0 amide bonds. The normalized spacial score (nSPS) is 12.1. The van der Waals surface area contributed by atoms with Crippen molar-refractivity contribution in [2.75, 3.05) is 6.16 Å². The van der Waals surface area contributed by atoms with Gasteiger partial charge >= 0.3 is 25.5 Å². The maximum atomic E-state index is 10.8. The molecule has 0 spiro atoms. The molecular formula is C10H17O9P. The lowest BCUT2D eigenvalue weighted by Gasteiger charge is -2.29. The minimum Gasteiger partial charge on any atom is -0.481 e. The van der Waals surface area contributed by atoms with Gasteiger partial charge < -0.3 is 25.1 Å². The number of aliphatic carboxylic acids is 3. The van der Waals surface area contributed by atoms with E-state index in [2.05, 4.69) is 0 Å². The van der Waals surface area contributed by atoms with Gasteiger partial charge in [0.2, 0.25) is 0 Å². The predicted molar refractivity (Wildman–Crippen MR) is 65.3 cm³/mol. The Hall–Kier alpha value is -1.44. The van der Waals surface area contributed by atoms with Crippen LogP contribution in [0.1, 0.15) is 32.1 Å². The van der Waals surface area contributed by atoms with E-state index in [4.69, 9.17) is 25.1 Å². The Bertz CT molecular complexity index is 384. The van der Waals surface area contributed by atoms with Crippen molar-refractivity contribution in [1.29, 1.82) is 0 Å². The molecule has 0 fully saturated rings. The molecule has 0 atom stereocenters. The first-order valence-electron chi connectivity index (χ1n) is 5.66. The minimum atomic E-state index is -4.30. The fourth-order valence-electron chi connectivity index (χ4n) is 2.08. The summed E-state index contributed by atoms with van der Waals surface area (Å²) in [6, 6.07) is 0. The lowest BCUT2D eigenvalue weighted by Crippen LogP contribution is -2.31. The van der Waals surface area contributed by atoms with Gasteiger partial charge in [-0.1, -0.05) is 0 Å². The molecule has 0 radical (unpaired) electrons. The number of rotatable bonds is 10. The van der Waals surface area contributed by atoms with E-state index in [1.54, 1.807) is 0 Å². The molecule has 0 aromatic carbocycles. The molecule has 116 valence electrons. The van der Waals surface area contributed by atoms with Crippen molar-refractivity contribution in [1.82, 2.24) is 0 Å². The number of hydrogen-bond acceptors (Lipinski definition) is 4. The van der Waals surface area contributed by atoms with Crippen LogP contribution in [-0.2, 0) is 18.9 Å². The van der Waals surface area contributed by atoms with Crippen molar-refractivity contribution in [2.24, 2.45) is 5.41 Å². The summed E-state index contributed by atoms with van der Waals surface area (Å²) >= 11 is 0. The summed E-state index contributed by atoms with van der Waals surface area (Å²) in [5.74, 6) is -4.07. The van der Waals surface area contributed by atoms with E-state index >= 15 is 0 Å². The molecule has 9 nitrogen and oxygen atoms in total. The third-order valence-electron chi connectivity index (χ3n) is 2.74. The summed E-state index contributed by atoms with van der Waals surface area (Å²) in [4.78, 5) is 49.8. The van der Waals surface area contributed by atoms with Crippen LogP contribution in [0.25, 0.3) is 0 Å². The van der Waals surface area contributed by atoms with Crippen molar-refractivity contribution in [3.63, 3.8) is 0 Å². The first-order chi connectivity index (χ1) is 8.96. The Morgan fingerprint density at radius 3 is 1.45 bits per heavy atom. The fraction of sp³-hybridized carbons (Fsp3) is 0.700. The maximum absolute atomic E-state index is 10.8. The molecule has 0 aromatic heterocycles. The van der Waals surface area contributed by atoms with Gasteiger partial charge in [0.25, 0.3) is 0 Å². The molecular weight excluding hydrogens is 295 g/mol. The zero-order valence-corrected chi connectivity index (χ0v) is 11.5. The monoisotopic (exact) mass is 312 g/mol. The largest absolute Gasteiger partial charge is 0.481 e. The molecule has 0 unspecified atom stereocenters. The summed E-state index contributed by atoms with van der Waals surface area (Å²) in [6.07, 6.45) is -2.97. The van der Waals surface area contributed by atoms with Gasteiger partial charge in [0.1, 0.15) is 0 Å². The predicted octanol–water partition coefficient (Wildman–Crippen LogP) is 0.355. The van der Waals surface area contributed by atoms with Gasteiger partial charge in [0, 0.05) is 11.6 Å². The summed E-state index contributed by atoms with van der Waals surface area (Å²) < 4.78 is 10.7. The van der Waals surface area contributed by atoms with Crippen molar-refractivity contribution >= 4 is 25.5 Å². The molecule has 20 heavy (non-hydrogen) atoms. The molecule has 0 rings (SSSR count). The van der Waals surface area contributed by atoms with Crippen LogP contribution in [0, 0.1) is 5.41 Å². The molecule has 0 aliphatic rings. The first kappa shape index (κ1) is 18.6. The third-order valence-corrected chi connectivity index (χ3v) is 3.63. The second-order valence-corrected chi connectivity index (χ2v) is 6.48. The smallest absolute Gasteiger partial charge is 0.325 e. The van der Waals surface area contributed by atoms with Gasteiger partial charge in [-0.25, -0.2) is 0 Å². The van der Waals surface area contributed by atoms with E-state index in [0.29, 0.717) is 0 Å². The second kappa shape index (κ2) is 7.37. The summed E-state index contributed by atoms with van der Waals surface area (Å²) in [7, 11) is -4.30. The lowest BCUT2D eigenvalue weighted by molar-refractivity contribution is -0.147. The molecule has 0 aromatic rings. The SMILES string of the molecule is O=C(O)CC(CCCP(=O)(O)O)(CC(=O)O)CC(=O)O. The Labute approximate surface area is 114 Å². The number of carbonyl (C=O) groups is 3. The van der Waals surface area contributed by atoms with Crippen LogP contribution in [0.3, 0.4) is 0 Å². The average Bonchev–Trinajstić information content (AvgIpc) is 2.10. The summed E-state index contributed by atoms with van der Waals surface area (Å²) in [5.41, 5.74) is -1.56. The van der Waals surface area contributed by atoms with Crippen molar-refractivity contribution in [2.45, 2.75) is 32.1 Å². The fourth-order valence-corrected chi connectivity index (χ4v) is 2.65. The van der Waals surface area contributed by atoms with Crippen molar-refractivity contribution < 1.29 is 44.1 Å². The Morgan fingerprint density at radius 2 is 1.20 bits per heavy atom. The van der Waals surface area contributed by atoms with Crippen LogP contribution in [0.4, 0.5) is 0 Å². The van der Waals surface area contributed by atoms with Crippen LogP contribution in [0.15, 0.2) is 0 Å². The van der Waals surface area contributed by atoms with Gasteiger partial charge in [0.05, 0.1) is 19.3 Å². The Morgan fingerprint density at radius 1 is 0.850 bits per heavy atom. The zero-order valence-electron chi connectivity index (χ0n) is 10.6. The highest BCUT2D eigenvalue weighted by molar-refractivity contribution is 7.51. The van der Waals surface area contributed by atoms with E-state index in [1.165, 1.54) is 0 Å². The Balaban J connectivity index is 5.04. The average molecular weight is 312 g/mol. The number of carboxylic acids is 3. The van der Waals surface area contributed by atoms with E-state index in [0.717, 1.165) is 0 Å². The van der Waals surface area contributed by atoms with Crippen LogP contribution < -0.4 is 0 Å². The minimum absolute atomic E-state index is 0.155. The van der Waals surface area contributed by atoms with Crippen LogP contribution in [0.5, 0.6) is 0 Å². The second-order valence-electron chi connectivity index (χ2n) is 4.70. The highest BCUT2D eigenvalue weighted by Crippen LogP contribution is 2.41. The van der Waals surface area contributed by atoms with E-state index in [1.807, 2.05) is 0 Å². The molecule has 5 N–H and O–H groups in total. The number of hydrogen-bond donors (Lipinski definition) is 5. The molecule has 10 heteroatoms. The highest BCUT2D eigenvalue weighted by Gasteiger charge is 2.37. The van der Waals surface area contributed by atoms with Crippen LogP contribution in [0.2, 0.25) is 0 Å². The molecule has 0 aliphatic carbocycles. The van der Waals surface area contributed by atoms with Gasteiger partial charge in [-0.3, -0.25) is 18.9 Å². The van der Waals surface area contributed by atoms with Crippen LogP contribution in [-0.4, -0.2) is 49.2 Å². The summed E-state index contributed by atoms with van der Waals surface area (Å²) in [5, 5.41) is 26.4. The molecule has 0 heterocycles. The highest BCUT2D eigenvalue weighted by atomic mass is 31.2. The first-order valence-corrected chi connectivity index (χ1v) is 7.45.